The van der Waals surface area contributed by atoms with E-state index in [2.05, 4.69) is 5.92 Å². The van der Waals surface area contributed by atoms with Crippen molar-refractivity contribution in [3.8, 4) is 12.3 Å². The quantitative estimate of drug-likeness (QED) is 0.740. The molecule has 0 bridgehead atoms. The minimum Gasteiger partial charge on any atom is -0.479 e. The van der Waals surface area contributed by atoms with Gasteiger partial charge in [-0.05, 0) is 19.3 Å². The SMILES string of the molecule is C#CCCC(=O)N1CCCC1(CCC)C(=O)O. The maximum absolute atomic E-state index is 12.0. The van der Waals surface area contributed by atoms with Crippen LogP contribution in [0, 0.1) is 12.3 Å². The van der Waals surface area contributed by atoms with Gasteiger partial charge >= 0.3 is 5.97 Å². The van der Waals surface area contributed by atoms with Crippen LogP contribution in [0.25, 0.3) is 0 Å². The van der Waals surface area contributed by atoms with Crippen molar-refractivity contribution >= 4 is 11.9 Å². The van der Waals surface area contributed by atoms with Gasteiger partial charge in [0.05, 0.1) is 0 Å². The normalized spacial score (nSPS) is 23.4. The summed E-state index contributed by atoms with van der Waals surface area (Å²) in [6, 6.07) is 0. The van der Waals surface area contributed by atoms with Crippen LogP contribution in [0.2, 0.25) is 0 Å². The minimum atomic E-state index is -0.986. The van der Waals surface area contributed by atoms with Crippen LogP contribution in [0.4, 0.5) is 0 Å². The lowest BCUT2D eigenvalue weighted by atomic mass is 9.90. The van der Waals surface area contributed by atoms with Gasteiger partial charge in [-0.2, -0.15) is 0 Å². The van der Waals surface area contributed by atoms with E-state index in [0.29, 0.717) is 25.8 Å². The molecule has 1 aliphatic rings. The third kappa shape index (κ3) is 2.60. The molecule has 94 valence electrons. The molecule has 0 aromatic rings. The Morgan fingerprint density at radius 2 is 2.24 bits per heavy atom. The smallest absolute Gasteiger partial charge is 0.329 e. The van der Waals surface area contributed by atoms with Crippen LogP contribution >= 0.6 is 0 Å². The summed E-state index contributed by atoms with van der Waals surface area (Å²) >= 11 is 0. The number of amides is 1. The second kappa shape index (κ2) is 5.72. The molecule has 1 atom stereocenters. The van der Waals surface area contributed by atoms with E-state index in [1.807, 2.05) is 6.92 Å². The molecule has 17 heavy (non-hydrogen) atoms. The van der Waals surface area contributed by atoms with Gasteiger partial charge in [0.1, 0.15) is 5.54 Å². The van der Waals surface area contributed by atoms with Crippen LogP contribution in [-0.4, -0.2) is 34.0 Å². The second-order valence-electron chi connectivity index (χ2n) is 4.44. The maximum Gasteiger partial charge on any atom is 0.329 e. The van der Waals surface area contributed by atoms with Crippen LogP contribution in [-0.2, 0) is 9.59 Å². The molecule has 0 saturated carbocycles. The van der Waals surface area contributed by atoms with E-state index in [1.165, 1.54) is 4.90 Å². The average molecular weight is 237 g/mol. The van der Waals surface area contributed by atoms with Crippen molar-refractivity contribution in [2.45, 2.75) is 51.0 Å². The highest BCUT2D eigenvalue weighted by atomic mass is 16.4. The number of aliphatic carboxylic acids is 1. The van der Waals surface area contributed by atoms with E-state index >= 15 is 0 Å². The number of carboxylic acid groups (broad SMARTS) is 1. The van der Waals surface area contributed by atoms with E-state index in [9.17, 15) is 14.7 Å². The molecule has 1 N–H and O–H groups in total. The molecule has 4 nitrogen and oxygen atoms in total. The molecule has 0 aromatic carbocycles. The van der Waals surface area contributed by atoms with Gasteiger partial charge in [-0.3, -0.25) is 4.79 Å². The van der Waals surface area contributed by atoms with E-state index in [4.69, 9.17) is 6.42 Å². The summed E-state index contributed by atoms with van der Waals surface area (Å²) in [5.41, 5.74) is -0.986. The summed E-state index contributed by atoms with van der Waals surface area (Å²) in [5, 5.41) is 9.41. The van der Waals surface area contributed by atoms with Crippen LogP contribution in [0.3, 0.4) is 0 Å². The minimum absolute atomic E-state index is 0.128. The van der Waals surface area contributed by atoms with Crippen molar-refractivity contribution in [2.24, 2.45) is 0 Å². The molecule has 0 spiro atoms. The Balaban J connectivity index is 2.85. The Bertz CT molecular complexity index is 345. The molecule has 1 rings (SSSR count). The second-order valence-corrected chi connectivity index (χ2v) is 4.44. The highest BCUT2D eigenvalue weighted by Gasteiger charge is 2.48. The Morgan fingerprint density at radius 1 is 1.53 bits per heavy atom. The number of hydrogen-bond donors (Lipinski definition) is 1. The number of carboxylic acids is 1. The number of terminal acetylenes is 1. The molecule has 4 heteroatoms. The highest BCUT2D eigenvalue weighted by molar-refractivity contribution is 5.87. The first kappa shape index (κ1) is 13.6. The van der Waals surface area contributed by atoms with Crippen molar-refractivity contribution in [3.05, 3.63) is 0 Å². The van der Waals surface area contributed by atoms with Crippen molar-refractivity contribution in [2.75, 3.05) is 6.54 Å². The Kier molecular flexibility index (Phi) is 4.56. The predicted molar refractivity (Wildman–Crippen MR) is 64.3 cm³/mol. The van der Waals surface area contributed by atoms with Gasteiger partial charge in [0.2, 0.25) is 5.91 Å². The fourth-order valence-electron chi connectivity index (χ4n) is 2.56. The third-order valence-corrected chi connectivity index (χ3v) is 3.33. The number of likely N-dealkylation sites (tertiary alicyclic amines) is 1. The van der Waals surface area contributed by atoms with Gasteiger partial charge in [0.25, 0.3) is 0 Å². The molecular weight excluding hydrogens is 218 g/mol. The fraction of sp³-hybridized carbons (Fsp3) is 0.692. The zero-order valence-electron chi connectivity index (χ0n) is 10.2. The lowest BCUT2D eigenvalue weighted by Gasteiger charge is -2.34. The Hall–Kier alpha value is -1.50. The third-order valence-electron chi connectivity index (χ3n) is 3.33. The molecule has 0 aromatic heterocycles. The van der Waals surface area contributed by atoms with Crippen LogP contribution in [0.1, 0.15) is 45.4 Å². The molecule has 1 aliphatic heterocycles. The van der Waals surface area contributed by atoms with Crippen molar-refractivity contribution < 1.29 is 14.7 Å². The van der Waals surface area contributed by atoms with Gasteiger partial charge < -0.3 is 10.0 Å². The van der Waals surface area contributed by atoms with Crippen molar-refractivity contribution in [1.29, 1.82) is 0 Å². The van der Waals surface area contributed by atoms with Gasteiger partial charge in [0.15, 0.2) is 0 Å². The first-order valence-corrected chi connectivity index (χ1v) is 6.06. The lowest BCUT2D eigenvalue weighted by molar-refractivity contribution is -0.157. The Morgan fingerprint density at radius 3 is 2.76 bits per heavy atom. The molecule has 0 radical (unpaired) electrons. The molecular formula is C13H19NO3. The zero-order chi connectivity index (χ0) is 12.9. The van der Waals surface area contributed by atoms with E-state index < -0.39 is 11.5 Å². The molecule has 1 fully saturated rings. The molecule has 1 saturated heterocycles. The van der Waals surface area contributed by atoms with E-state index in [1.54, 1.807) is 0 Å². The number of carbonyl (C=O) groups is 2. The first-order valence-electron chi connectivity index (χ1n) is 6.06. The largest absolute Gasteiger partial charge is 0.479 e. The van der Waals surface area contributed by atoms with Gasteiger partial charge in [-0.1, -0.05) is 13.3 Å². The summed E-state index contributed by atoms with van der Waals surface area (Å²) < 4.78 is 0. The standard InChI is InChI=1S/C13H19NO3/c1-3-5-7-11(15)14-10-6-9-13(14,8-4-2)12(16)17/h1H,4-10H2,2H3,(H,16,17). The van der Waals surface area contributed by atoms with Crippen LogP contribution in [0.15, 0.2) is 0 Å². The monoisotopic (exact) mass is 237 g/mol. The summed E-state index contributed by atoms with van der Waals surface area (Å²) in [6.07, 6.45) is 8.33. The first-order chi connectivity index (χ1) is 8.08. The summed E-state index contributed by atoms with van der Waals surface area (Å²) in [4.78, 5) is 25.0. The van der Waals surface area contributed by atoms with E-state index in [-0.39, 0.29) is 12.3 Å². The fourth-order valence-corrected chi connectivity index (χ4v) is 2.56. The molecule has 0 aliphatic carbocycles. The van der Waals surface area contributed by atoms with Gasteiger partial charge in [-0.15, -0.1) is 12.3 Å². The highest BCUT2D eigenvalue weighted by Crippen LogP contribution is 2.34. The number of nitrogens with zero attached hydrogens (tertiary/aromatic N) is 1. The summed E-state index contributed by atoms with van der Waals surface area (Å²) in [6.45, 7) is 2.48. The van der Waals surface area contributed by atoms with Crippen LogP contribution < -0.4 is 0 Å². The summed E-state index contributed by atoms with van der Waals surface area (Å²) in [5.74, 6) is 1.40. The predicted octanol–water partition coefficient (Wildman–Crippen LogP) is 1.65. The molecule has 1 amide bonds. The maximum atomic E-state index is 12.0. The zero-order valence-corrected chi connectivity index (χ0v) is 10.2. The summed E-state index contributed by atoms with van der Waals surface area (Å²) in [7, 11) is 0. The van der Waals surface area contributed by atoms with Gasteiger partial charge in [-0.25, -0.2) is 4.79 Å². The topological polar surface area (TPSA) is 57.6 Å². The Labute approximate surface area is 102 Å². The average Bonchev–Trinajstić information content (AvgIpc) is 2.71. The molecule has 1 unspecified atom stereocenters. The van der Waals surface area contributed by atoms with Crippen molar-refractivity contribution in [3.63, 3.8) is 0 Å². The number of rotatable bonds is 5. The number of carbonyl (C=O) groups excluding carboxylic acids is 1. The van der Waals surface area contributed by atoms with Gasteiger partial charge in [0, 0.05) is 19.4 Å². The van der Waals surface area contributed by atoms with Crippen molar-refractivity contribution in [1.82, 2.24) is 4.90 Å². The lowest BCUT2D eigenvalue weighted by Crippen LogP contribution is -2.53. The van der Waals surface area contributed by atoms with E-state index in [0.717, 1.165) is 12.8 Å². The van der Waals surface area contributed by atoms with Crippen LogP contribution in [0.5, 0.6) is 0 Å². The number of hydrogen-bond acceptors (Lipinski definition) is 2. The molecule has 1 heterocycles.